The van der Waals surface area contributed by atoms with Gasteiger partial charge in [-0.3, -0.25) is 0 Å². The highest BCUT2D eigenvalue weighted by atomic mass is 32.2. The van der Waals surface area contributed by atoms with E-state index in [1.807, 2.05) is 0 Å². The highest BCUT2D eigenvalue weighted by Crippen LogP contribution is 2.45. The van der Waals surface area contributed by atoms with Crippen LogP contribution < -0.4 is 4.72 Å². The molecule has 0 saturated carbocycles. The van der Waals surface area contributed by atoms with E-state index in [0.717, 1.165) is 12.1 Å². The summed E-state index contributed by atoms with van der Waals surface area (Å²) in [4.78, 5) is -0.585. The van der Waals surface area contributed by atoms with E-state index >= 15 is 0 Å². The van der Waals surface area contributed by atoms with E-state index < -0.39 is 50.4 Å². The molecule has 0 aromatic heterocycles. The highest BCUT2D eigenvalue weighted by molar-refractivity contribution is 7.89. The molecule has 0 heterocycles. The smallest absolute Gasteiger partial charge is 0.207 e. The Kier molecular flexibility index (Phi) is 6.01. The van der Waals surface area contributed by atoms with Gasteiger partial charge >= 0.3 is 18.3 Å². The van der Waals surface area contributed by atoms with Gasteiger partial charge in [0.1, 0.15) is 6.04 Å². The first-order chi connectivity index (χ1) is 13.1. The lowest BCUT2D eigenvalue weighted by Crippen LogP contribution is -2.49. The molecule has 2 aromatic rings. The van der Waals surface area contributed by atoms with E-state index in [4.69, 9.17) is 0 Å². The first kappa shape index (κ1) is 23.1. The zero-order valence-corrected chi connectivity index (χ0v) is 15.3. The second kappa shape index (κ2) is 7.56. The summed E-state index contributed by atoms with van der Waals surface area (Å²) in [6.07, 6.45) is -11.0. The van der Waals surface area contributed by atoms with Gasteiger partial charge in [-0.25, -0.2) is 8.42 Å². The minimum absolute atomic E-state index is 0.287. The normalized spacial score (nSPS) is 14.7. The number of nitrogens with one attached hydrogen (secondary N) is 1. The average molecular weight is 447 g/mol. The highest BCUT2D eigenvalue weighted by Gasteiger charge is 2.63. The molecule has 0 aliphatic rings. The molecule has 0 aliphatic heterocycles. The number of hydrogen-bond acceptors (Lipinski definition) is 2. The minimum atomic E-state index is -6.17. The Morgan fingerprint density at radius 3 is 1.69 bits per heavy atom. The molecule has 0 bridgehead atoms. The lowest BCUT2D eigenvalue weighted by atomic mass is 9.99. The van der Waals surface area contributed by atoms with Crippen molar-refractivity contribution >= 4 is 10.0 Å². The summed E-state index contributed by atoms with van der Waals surface area (Å²) in [6, 6.07) is 2.70. The van der Waals surface area contributed by atoms with Crippen molar-refractivity contribution in [1.29, 1.82) is 0 Å². The first-order valence-electron chi connectivity index (χ1n) is 7.76. The molecule has 2 rings (SSSR count). The van der Waals surface area contributed by atoms with Gasteiger partial charge in [-0.2, -0.15) is 39.8 Å². The van der Waals surface area contributed by atoms with E-state index in [9.17, 15) is 43.5 Å². The number of hydrogen-bond donors (Lipinski definition) is 1. The Balaban J connectivity index is 2.53. The van der Waals surface area contributed by atoms with Crippen LogP contribution in [0.2, 0.25) is 0 Å². The standard InChI is InChI=1S/C17H13F8NO2S/c1-10-2-8-13(9-3-10)29(27,28)26-14(15(18,19)17(23,24)25)11-4-6-12(7-5-11)16(20,21)22/h2-9,14,26H,1H3. The maximum absolute atomic E-state index is 14.1. The predicted molar refractivity (Wildman–Crippen MR) is 86.7 cm³/mol. The monoisotopic (exact) mass is 447 g/mol. The van der Waals surface area contributed by atoms with Crippen LogP contribution in [-0.2, 0) is 16.2 Å². The molecule has 2 aromatic carbocycles. The van der Waals surface area contributed by atoms with E-state index in [1.165, 1.54) is 16.9 Å². The lowest BCUT2D eigenvalue weighted by Gasteiger charge is -2.29. The van der Waals surface area contributed by atoms with Crippen molar-refractivity contribution in [3.05, 3.63) is 65.2 Å². The van der Waals surface area contributed by atoms with Crippen LogP contribution in [0.5, 0.6) is 0 Å². The molecule has 160 valence electrons. The number of benzene rings is 2. The molecular formula is C17H13F8NO2S. The van der Waals surface area contributed by atoms with Crippen molar-refractivity contribution in [2.24, 2.45) is 0 Å². The molecular weight excluding hydrogens is 434 g/mol. The minimum Gasteiger partial charge on any atom is -0.207 e. The molecule has 3 nitrogen and oxygen atoms in total. The van der Waals surface area contributed by atoms with Gasteiger partial charge in [0.2, 0.25) is 10.0 Å². The summed E-state index contributed by atoms with van der Waals surface area (Å²) in [5, 5.41) is 0. The lowest BCUT2D eigenvalue weighted by molar-refractivity contribution is -0.292. The third kappa shape index (κ3) is 5.04. The topological polar surface area (TPSA) is 46.2 Å². The fraction of sp³-hybridized carbons (Fsp3) is 0.294. The molecule has 1 N–H and O–H groups in total. The molecule has 29 heavy (non-hydrogen) atoms. The summed E-state index contributed by atoms with van der Waals surface area (Å²) in [6.45, 7) is 1.59. The fourth-order valence-electron chi connectivity index (χ4n) is 2.32. The maximum atomic E-state index is 14.1. The van der Waals surface area contributed by atoms with Crippen molar-refractivity contribution in [3.63, 3.8) is 0 Å². The van der Waals surface area contributed by atoms with Crippen LogP contribution in [0.15, 0.2) is 53.4 Å². The molecule has 0 fully saturated rings. The molecule has 12 heteroatoms. The van der Waals surface area contributed by atoms with Crippen LogP contribution in [0.3, 0.4) is 0 Å². The van der Waals surface area contributed by atoms with Gasteiger partial charge in [0.15, 0.2) is 0 Å². The fourth-order valence-corrected chi connectivity index (χ4v) is 3.55. The Bertz CT molecular complexity index is 949. The number of halogens is 8. The molecule has 0 radical (unpaired) electrons. The number of aryl methyl sites for hydroxylation is 1. The second-order valence-electron chi connectivity index (χ2n) is 6.11. The van der Waals surface area contributed by atoms with Crippen molar-refractivity contribution in [2.75, 3.05) is 0 Å². The van der Waals surface area contributed by atoms with E-state index in [0.29, 0.717) is 17.7 Å². The van der Waals surface area contributed by atoms with E-state index in [-0.39, 0.29) is 12.1 Å². The third-order valence-electron chi connectivity index (χ3n) is 3.92. The van der Waals surface area contributed by atoms with Crippen LogP contribution in [0.1, 0.15) is 22.7 Å². The van der Waals surface area contributed by atoms with Crippen LogP contribution in [0, 0.1) is 6.92 Å². The van der Waals surface area contributed by atoms with Crippen molar-refractivity contribution in [3.8, 4) is 0 Å². The third-order valence-corrected chi connectivity index (χ3v) is 5.35. The summed E-state index contributed by atoms with van der Waals surface area (Å²) in [7, 11) is -4.86. The first-order valence-corrected chi connectivity index (χ1v) is 9.25. The Morgan fingerprint density at radius 2 is 1.28 bits per heavy atom. The number of rotatable bonds is 5. The zero-order valence-electron chi connectivity index (χ0n) is 14.4. The number of sulfonamides is 1. The van der Waals surface area contributed by atoms with Crippen LogP contribution in [0.25, 0.3) is 0 Å². The molecule has 1 unspecified atom stereocenters. The van der Waals surface area contributed by atoms with Gasteiger partial charge < -0.3 is 0 Å². The van der Waals surface area contributed by atoms with Crippen molar-refractivity contribution < 1.29 is 43.5 Å². The van der Waals surface area contributed by atoms with Gasteiger partial charge in [0.05, 0.1) is 10.5 Å². The summed E-state index contributed by atoms with van der Waals surface area (Å²) in [5.41, 5.74) is -1.68. The molecule has 0 aliphatic carbocycles. The summed E-state index contributed by atoms with van der Waals surface area (Å²) in [5.74, 6) is -5.61. The SMILES string of the molecule is Cc1ccc(S(=O)(=O)NC(c2ccc(C(F)(F)F)cc2)C(F)(F)C(F)(F)F)cc1. The van der Waals surface area contributed by atoms with Gasteiger partial charge in [-0.15, -0.1) is 0 Å². The molecule has 1 atom stereocenters. The van der Waals surface area contributed by atoms with Gasteiger partial charge in [0, 0.05) is 0 Å². The molecule has 0 amide bonds. The Hall–Kier alpha value is -2.21. The molecule has 0 spiro atoms. The summed E-state index contributed by atoms with van der Waals surface area (Å²) >= 11 is 0. The van der Waals surface area contributed by atoms with E-state index in [2.05, 4.69) is 0 Å². The van der Waals surface area contributed by atoms with E-state index in [1.54, 1.807) is 6.92 Å². The average Bonchev–Trinajstić information content (AvgIpc) is 2.58. The Labute approximate surface area is 160 Å². The van der Waals surface area contributed by atoms with Gasteiger partial charge in [-0.1, -0.05) is 29.8 Å². The second-order valence-corrected chi connectivity index (χ2v) is 7.82. The van der Waals surface area contributed by atoms with Crippen molar-refractivity contribution in [2.45, 2.75) is 36.1 Å². The van der Waals surface area contributed by atoms with Crippen LogP contribution in [0.4, 0.5) is 35.1 Å². The molecule has 0 saturated heterocycles. The van der Waals surface area contributed by atoms with Gasteiger partial charge in [0.25, 0.3) is 0 Å². The maximum Gasteiger partial charge on any atom is 0.455 e. The van der Waals surface area contributed by atoms with Crippen molar-refractivity contribution in [1.82, 2.24) is 4.72 Å². The van der Waals surface area contributed by atoms with Crippen LogP contribution >= 0.6 is 0 Å². The zero-order chi connectivity index (χ0) is 22.3. The Morgan fingerprint density at radius 1 is 0.793 bits per heavy atom. The van der Waals surface area contributed by atoms with Gasteiger partial charge in [-0.05, 0) is 36.8 Å². The summed E-state index contributed by atoms with van der Waals surface area (Å²) < 4.78 is 131. The predicted octanol–water partition coefficient (Wildman–Crippen LogP) is 5.23. The quantitative estimate of drug-likeness (QED) is 0.638. The largest absolute Gasteiger partial charge is 0.455 e. The number of alkyl halides is 8. The van der Waals surface area contributed by atoms with Crippen LogP contribution in [-0.4, -0.2) is 20.5 Å².